The van der Waals surface area contributed by atoms with Gasteiger partial charge >= 0.3 is 5.97 Å². The number of hydrogen-bond donors (Lipinski definition) is 1. The first kappa shape index (κ1) is 26.0. The van der Waals surface area contributed by atoms with Gasteiger partial charge in [-0.3, -0.25) is 14.3 Å². The first-order chi connectivity index (χ1) is 17.6. The van der Waals surface area contributed by atoms with Crippen molar-refractivity contribution in [3.8, 4) is 0 Å². The van der Waals surface area contributed by atoms with E-state index in [4.69, 9.17) is 9.15 Å². The minimum absolute atomic E-state index is 0.0107. The number of ether oxygens (including phenoxy) is 1. The number of sulfonamides is 1. The third kappa shape index (κ3) is 6.18. The molecule has 1 aromatic heterocycles. The minimum Gasteiger partial charge on any atom is -0.459 e. The van der Waals surface area contributed by atoms with Crippen LogP contribution >= 0.6 is 0 Å². The molecule has 194 valence electrons. The molecule has 2 aromatic carbocycles. The smallest absolute Gasteiger partial charge is 0.338 e. The van der Waals surface area contributed by atoms with Gasteiger partial charge in [-0.05, 0) is 55.8 Å². The van der Waals surface area contributed by atoms with Crippen LogP contribution in [-0.2, 0) is 19.6 Å². The predicted molar refractivity (Wildman–Crippen MR) is 135 cm³/mol. The summed E-state index contributed by atoms with van der Waals surface area (Å²) in [5.41, 5.74) is 1.85. The van der Waals surface area contributed by atoms with E-state index < -0.39 is 28.5 Å². The maximum absolute atomic E-state index is 12.9. The van der Waals surface area contributed by atoms with E-state index in [0.717, 1.165) is 5.56 Å². The fraction of sp³-hybridized carbons (Fsp3) is 0.269. The molecule has 4 rings (SSSR count). The normalized spacial score (nSPS) is 13.8. The summed E-state index contributed by atoms with van der Waals surface area (Å²) in [6.45, 7) is 4.26. The molecule has 1 N–H and O–H groups in total. The Morgan fingerprint density at radius 1 is 0.946 bits per heavy atom. The van der Waals surface area contributed by atoms with Gasteiger partial charge in [0.25, 0.3) is 21.8 Å². The van der Waals surface area contributed by atoms with Crippen molar-refractivity contribution in [3.05, 3.63) is 83.3 Å². The molecule has 0 bridgehead atoms. The van der Waals surface area contributed by atoms with E-state index in [1.165, 1.54) is 29.4 Å². The molecule has 1 aliphatic rings. The number of aryl methyl sites for hydroxylation is 2. The summed E-state index contributed by atoms with van der Waals surface area (Å²) in [7, 11) is -3.96. The molecule has 10 nitrogen and oxygen atoms in total. The van der Waals surface area contributed by atoms with Crippen LogP contribution in [0.4, 0.5) is 5.69 Å². The van der Waals surface area contributed by atoms with Gasteiger partial charge < -0.3 is 19.0 Å². The first-order valence-corrected chi connectivity index (χ1v) is 13.1. The first-order valence-electron chi connectivity index (χ1n) is 11.6. The van der Waals surface area contributed by atoms with Gasteiger partial charge in [0.15, 0.2) is 12.4 Å². The summed E-state index contributed by atoms with van der Waals surface area (Å²) in [6, 6.07) is 14.3. The van der Waals surface area contributed by atoms with Crippen molar-refractivity contribution in [3.63, 3.8) is 0 Å². The highest BCUT2D eigenvalue weighted by atomic mass is 32.2. The Morgan fingerprint density at radius 3 is 2.27 bits per heavy atom. The van der Waals surface area contributed by atoms with Crippen LogP contribution in [0, 0.1) is 13.8 Å². The van der Waals surface area contributed by atoms with Crippen LogP contribution < -0.4 is 4.72 Å². The molecule has 1 saturated heterocycles. The highest BCUT2D eigenvalue weighted by Crippen LogP contribution is 2.22. The molecule has 0 saturated carbocycles. The van der Waals surface area contributed by atoms with Crippen LogP contribution in [0.1, 0.15) is 32.0 Å². The minimum atomic E-state index is -3.96. The lowest BCUT2D eigenvalue weighted by atomic mass is 10.1. The monoisotopic (exact) mass is 525 g/mol. The molecule has 0 aliphatic carbocycles. The molecule has 1 aliphatic heterocycles. The SMILES string of the molecule is Cc1ccc(NS(=O)(=O)c2cc(C(=O)OCC(=O)N3CCN(C(=O)c4ccco4)CC3)ccc2C)cc1. The summed E-state index contributed by atoms with van der Waals surface area (Å²) >= 11 is 0. The highest BCUT2D eigenvalue weighted by Gasteiger charge is 2.27. The Hall–Kier alpha value is -4.12. The van der Waals surface area contributed by atoms with E-state index in [1.54, 1.807) is 48.2 Å². The molecule has 37 heavy (non-hydrogen) atoms. The number of piperazine rings is 1. The third-order valence-electron chi connectivity index (χ3n) is 6.00. The van der Waals surface area contributed by atoms with Crippen molar-refractivity contribution in [2.24, 2.45) is 0 Å². The number of rotatable bonds is 7. The molecule has 11 heteroatoms. The van der Waals surface area contributed by atoms with Gasteiger partial charge in [-0.1, -0.05) is 23.8 Å². The highest BCUT2D eigenvalue weighted by molar-refractivity contribution is 7.92. The zero-order chi connectivity index (χ0) is 26.6. The predicted octanol–water partition coefficient (Wildman–Crippen LogP) is 2.84. The Balaban J connectivity index is 1.34. The maximum Gasteiger partial charge on any atom is 0.338 e. The second-order valence-electron chi connectivity index (χ2n) is 8.68. The molecule has 2 heterocycles. The molecule has 2 amide bonds. The zero-order valence-electron chi connectivity index (χ0n) is 20.5. The fourth-order valence-electron chi connectivity index (χ4n) is 3.87. The lowest BCUT2D eigenvalue weighted by Crippen LogP contribution is -2.51. The van der Waals surface area contributed by atoms with Crippen LogP contribution in [0.15, 0.2) is 70.2 Å². The summed E-state index contributed by atoms with van der Waals surface area (Å²) in [5.74, 6) is -1.22. The van der Waals surface area contributed by atoms with E-state index in [1.807, 2.05) is 6.92 Å². The van der Waals surface area contributed by atoms with E-state index in [-0.39, 0.29) is 22.1 Å². The summed E-state index contributed by atoms with van der Waals surface area (Å²) in [4.78, 5) is 40.6. The van der Waals surface area contributed by atoms with Crippen LogP contribution in [-0.4, -0.2) is 68.8 Å². The average molecular weight is 526 g/mol. The molecular weight excluding hydrogens is 498 g/mol. The number of nitrogens with one attached hydrogen (secondary N) is 1. The Labute approximate surface area is 214 Å². The molecular formula is C26H27N3O7S. The second-order valence-corrected chi connectivity index (χ2v) is 10.3. The number of anilines is 1. The van der Waals surface area contributed by atoms with Crippen molar-refractivity contribution in [1.29, 1.82) is 0 Å². The number of nitrogens with zero attached hydrogens (tertiary/aromatic N) is 2. The van der Waals surface area contributed by atoms with Gasteiger partial charge in [-0.25, -0.2) is 13.2 Å². The number of carbonyl (C=O) groups is 3. The number of amides is 2. The van der Waals surface area contributed by atoms with Crippen molar-refractivity contribution in [2.45, 2.75) is 18.7 Å². The lowest BCUT2D eigenvalue weighted by molar-refractivity contribution is -0.136. The molecule has 3 aromatic rings. The van der Waals surface area contributed by atoms with E-state index in [9.17, 15) is 22.8 Å². The number of furan rings is 1. The van der Waals surface area contributed by atoms with Crippen LogP contribution in [0.25, 0.3) is 0 Å². The van der Waals surface area contributed by atoms with Crippen LogP contribution in [0.2, 0.25) is 0 Å². The molecule has 1 fully saturated rings. The lowest BCUT2D eigenvalue weighted by Gasteiger charge is -2.34. The second kappa shape index (κ2) is 10.9. The largest absolute Gasteiger partial charge is 0.459 e. The molecule has 0 unspecified atom stereocenters. The fourth-order valence-corrected chi connectivity index (χ4v) is 5.20. The topological polar surface area (TPSA) is 126 Å². The summed E-state index contributed by atoms with van der Waals surface area (Å²) in [6.07, 6.45) is 1.42. The number of carbonyl (C=O) groups excluding carboxylic acids is 3. The average Bonchev–Trinajstić information content (AvgIpc) is 3.43. The summed E-state index contributed by atoms with van der Waals surface area (Å²) in [5, 5.41) is 0. The van der Waals surface area contributed by atoms with Gasteiger partial charge in [0.05, 0.1) is 16.7 Å². The van der Waals surface area contributed by atoms with Crippen molar-refractivity contribution in [1.82, 2.24) is 9.80 Å². The van der Waals surface area contributed by atoms with Gasteiger partial charge in [0.1, 0.15) is 0 Å². The Kier molecular flexibility index (Phi) is 7.63. The number of hydrogen-bond acceptors (Lipinski definition) is 7. The zero-order valence-corrected chi connectivity index (χ0v) is 21.3. The summed E-state index contributed by atoms with van der Waals surface area (Å²) < 4.78 is 38.7. The van der Waals surface area contributed by atoms with E-state index in [0.29, 0.717) is 37.4 Å². The van der Waals surface area contributed by atoms with E-state index >= 15 is 0 Å². The molecule has 0 atom stereocenters. The van der Waals surface area contributed by atoms with Crippen LogP contribution in [0.3, 0.4) is 0 Å². The van der Waals surface area contributed by atoms with Gasteiger partial charge in [-0.15, -0.1) is 0 Å². The Morgan fingerprint density at radius 2 is 1.62 bits per heavy atom. The van der Waals surface area contributed by atoms with Crippen molar-refractivity contribution in [2.75, 3.05) is 37.5 Å². The van der Waals surface area contributed by atoms with E-state index in [2.05, 4.69) is 4.72 Å². The third-order valence-corrected chi connectivity index (χ3v) is 7.52. The standard InChI is InChI=1S/C26H27N3O7S/c1-18-5-9-21(10-6-18)27-37(33,34)23-16-20(8-7-19(23)2)26(32)36-17-24(30)28-11-13-29(14-12-28)25(31)22-4-3-15-35-22/h3-10,15-16,27H,11-14,17H2,1-2H3. The quantitative estimate of drug-likeness (QED) is 0.470. The number of esters is 1. The number of benzene rings is 2. The van der Waals surface area contributed by atoms with Gasteiger partial charge in [0.2, 0.25) is 0 Å². The molecule has 0 spiro atoms. The van der Waals surface area contributed by atoms with Crippen molar-refractivity contribution >= 4 is 33.5 Å². The Bertz CT molecular complexity index is 1390. The maximum atomic E-state index is 12.9. The van der Waals surface area contributed by atoms with Crippen LogP contribution in [0.5, 0.6) is 0 Å². The van der Waals surface area contributed by atoms with Gasteiger partial charge in [0, 0.05) is 31.9 Å². The molecule has 0 radical (unpaired) electrons. The van der Waals surface area contributed by atoms with Gasteiger partial charge in [-0.2, -0.15) is 0 Å². The van der Waals surface area contributed by atoms with Crippen molar-refractivity contribution < 1.29 is 32.0 Å².